The van der Waals surface area contributed by atoms with Crippen LogP contribution in [0.15, 0.2) is 53.3 Å². The molecule has 2 atom stereocenters. The number of benzene rings is 2. The van der Waals surface area contributed by atoms with Gasteiger partial charge in [0.25, 0.3) is 5.56 Å². The van der Waals surface area contributed by atoms with E-state index >= 15 is 0 Å². The number of para-hydroxylation sites is 1. The molecule has 1 aliphatic heterocycles. The van der Waals surface area contributed by atoms with Crippen LogP contribution in [-0.4, -0.2) is 51.1 Å². The number of rotatable bonds is 3. The van der Waals surface area contributed by atoms with Crippen LogP contribution in [0.3, 0.4) is 0 Å². The number of urea groups is 1. The van der Waals surface area contributed by atoms with Crippen LogP contribution in [0, 0.1) is 0 Å². The summed E-state index contributed by atoms with van der Waals surface area (Å²) in [5.74, 6) is 0.731. The standard InChI is InChI=1S/C23H26ClN5O2/c1-15-14-28(12-13-29(15)23(31)25-18-10-8-17(24)9-11-18)16(2)21-26-20-7-5-4-6-19(20)22(30)27(21)3/h4-11,15-16H,12-14H2,1-3H3,(H,25,31). The summed E-state index contributed by atoms with van der Waals surface area (Å²) >= 11 is 5.91. The monoisotopic (exact) mass is 439 g/mol. The van der Waals surface area contributed by atoms with Crippen LogP contribution in [0.25, 0.3) is 10.9 Å². The minimum atomic E-state index is -0.127. The summed E-state index contributed by atoms with van der Waals surface area (Å²) in [4.78, 5) is 34.4. The molecular weight excluding hydrogens is 414 g/mol. The molecule has 1 N–H and O–H groups in total. The Morgan fingerprint density at radius 1 is 1.16 bits per heavy atom. The maximum atomic E-state index is 12.8. The molecule has 2 heterocycles. The predicted molar refractivity (Wildman–Crippen MR) is 124 cm³/mol. The van der Waals surface area contributed by atoms with Crippen molar-refractivity contribution in [2.75, 3.05) is 25.0 Å². The Morgan fingerprint density at radius 2 is 1.87 bits per heavy atom. The number of hydrogen-bond acceptors (Lipinski definition) is 4. The summed E-state index contributed by atoms with van der Waals surface area (Å²) in [5, 5.41) is 4.19. The maximum absolute atomic E-state index is 12.8. The van der Waals surface area contributed by atoms with Gasteiger partial charge in [0.1, 0.15) is 5.82 Å². The molecule has 1 fully saturated rings. The topological polar surface area (TPSA) is 70.5 Å². The number of piperazine rings is 1. The van der Waals surface area contributed by atoms with Crippen molar-refractivity contribution in [3.63, 3.8) is 0 Å². The fourth-order valence-corrected chi connectivity index (χ4v) is 4.27. The molecule has 162 valence electrons. The summed E-state index contributed by atoms with van der Waals surface area (Å²) in [6.45, 7) is 6.08. The first-order chi connectivity index (χ1) is 14.8. The van der Waals surface area contributed by atoms with E-state index in [9.17, 15) is 9.59 Å². The third-order valence-electron chi connectivity index (χ3n) is 5.95. The van der Waals surface area contributed by atoms with Crippen molar-refractivity contribution >= 4 is 34.2 Å². The van der Waals surface area contributed by atoms with Gasteiger partial charge in [-0.2, -0.15) is 0 Å². The third-order valence-corrected chi connectivity index (χ3v) is 6.21. The van der Waals surface area contributed by atoms with Crippen molar-refractivity contribution in [3.05, 3.63) is 69.7 Å². The minimum absolute atomic E-state index is 0.0148. The third kappa shape index (κ3) is 4.29. The van der Waals surface area contributed by atoms with Crippen LogP contribution in [0.5, 0.6) is 0 Å². The average Bonchev–Trinajstić information content (AvgIpc) is 2.77. The molecule has 1 aliphatic rings. The van der Waals surface area contributed by atoms with Crippen molar-refractivity contribution < 1.29 is 4.79 Å². The number of nitrogens with one attached hydrogen (secondary N) is 1. The Balaban J connectivity index is 1.48. The van der Waals surface area contributed by atoms with E-state index in [4.69, 9.17) is 16.6 Å². The van der Waals surface area contributed by atoms with Gasteiger partial charge in [0, 0.05) is 43.4 Å². The van der Waals surface area contributed by atoms with Gasteiger partial charge in [-0.25, -0.2) is 9.78 Å². The number of nitrogens with zero attached hydrogens (tertiary/aromatic N) is 4. The van der Waals surface area contributed by atoms with E-state index in [-0.39, 0.29) is 23.7 Å². The number of anilines is 1. The number of aromatic nitrogens is 2. The van der Waals surface area contributed by atoms with E-state index in [1.807, 2.05) is 30.0 Å². The molecule has 0 spiro atoms. The second kappa shape index (κ2) is 8.69. The van der Waals surface area contributed by atoms with Crippen LogP contribution < -0.4 is 10.9 Å². The van der Waals surface area contributed by atoms with Crippen molar-refractivity contribution in [2.24, 2.45) is 7.05 Å². The van der Waals surface area contributed by atoms with E-state index in [0.29, 0.717) is 41.2 Å². The highest BCUT2D eigenvalue weighted by Crippen LogP contribution is 2.23. The fourth-order valence-electron chi connectivity index (χ4n) is 4.14. The molecule has 1 aromatic heterocycles. The zero-order valence-electron chi connectivity index (χ0n) is 17.9. The quantitative estimate of drug-likeness (QED) is 0.672. The zero-order valence-corrected chi connectivity index (χ0v) is 18.6. The molecule has 0 saturated carbocycles. The highest BCUT2D eigenvalue weighted by atomic mass is 35.5. The van der Waals surface area contributed by atoms with Gasteiger partial charge in [-0.05, 0) is 50.2 Å². The minimum Gasteiger partial charge on any atom is -0.319 e. The Kier molecular flexibility index (Phi) is 5.98. The second-order valence-corrected chi connectivity index (χ2v) is 8.44. The van der Waals surface area contributed by atoms with E-state index in [0.717, 1.165) is 5.82 Å². The Labute approximate surface area is 186 Å². The van der Waals surface area contributed by atoms with Gasteiger partial charge in [0.2, 0.25) is 0 Å². The lowest BCUT2D eigenvalue weighted by Crippen LogP contribution is -2.55. The summed E-state index contributed by atoms with van der Waals surface area (Å²) in [5.41, 5.74) is 1.38. The second-order valence-electron chi connectivity index (χ2n) is 8.00. The average molecular weight is 440 g/mol. The molecule has 0 bridgehead atoms. The molecular formula is C23H26ClN5O2. The summed E-state index contributed by atoms with van der Waals surface area (Å²) in [6, 6.07) is 14.3. The van der Waals surface area contributed by atoms with Crippen molar-refractivity contribution in [1.29, 1.82) is 0 Å². The number of carbonyl (C=O) groups is 1. The molecule has 0 aliphatic carbocycles. The van der Waals surface area contributed by atoms with Gasteiger partial charge >= 0.3 is 6.03 Å². The normalized spacial score (nSPS) is 18.2. The van der Waals surface area contributed by atoms with Gasteiger partial charge in [0.15, 0.2) is 0 Å². The summed E-state index contributed by atoms with van der Waals surface area (Å²) in [7, 11) is 1.77. The molecule has 2 amide bonds. The Morgan fingerprint density at radius 3 is 2.58 bits per heavy atom. The number of amides is 2. The van der Waals surface area contributed by atoms with E-state index in [2.05, 4.69) is 17.1 Å². The highest BCUT2D eigenvalue weighted by Gasteiger charge is 2.31. The molecule has 2 unspecified atom stereocenters. The largest absolute Gasteiger partial charge is 0.322 e. The number of hydrogen-bond donors (Lipinski definition) is 1. The zero-order chi connectivity index (χ0) is 22.1. The van der Waals surface area contributed by atoms with E-state index < -0.39 is 0 Å². The van der Waals surface area contributed by atoms with Crippen molar-refractivity contribution in [2.45, 2.75) is 25.9 Å². The molecule has 7 nitrogen and oxygen atoms in total. The fraction of sp³-hybridized carbons (Fsp3) is 0.348. The molecule has 8 heteroatoms. The van der Waals surface area contributed by atoms with Gasteiger partial charge in [-0.1, -0.05) is 23.7 Å². The van der Waals surface area contributed by atoms with Crippen LogP contribution in [0.2, 0.25) is 5.02 Å². The summed E-state index contributed by atoms with van der Waals surface area (Å²) < 4.78 is 1.64. The van der Waals surface area contributed by atoms with Crippen LogP contribution in [0.1, 0.15) is 25.7 Å². The maximum Gasteiger partial charge on any atom is 0.322 e. The van der Waals surface area contributed by atoms with Gasteiger partial charge in [0.05, 0.1) is 16.9 Å². The van der Waals surface area contributed by atoms with Gasteiger partial charge in [-0.3, -0.25) is 14.3 Å². The predicted octanol–water partition coefficient (Wildman–Crippen LogP) is 3.89. The lowest BCUT2D eigenvalue weighted by atomic mass is 10.1. The highest BCUT2D eigenvalue weighted by molar-refractivity contribution is 6.30. The molecule has 1 saturated heterocycles. The van der Waals surface area contributed by atoms with Crippen LogP contribution in [-0.2, 0) is 7.05 Å². The van der Waals surface area contributed by atoms with Gasteiger partial charge < -0.3 is 10.2 Å². The van der Waals surface area contributed by atoms with Crippen LogP contribution in [0.4, 0.5) is 10.5 Å². The lowest BCUT2D eigenvalue weighted by Gasteiger charge is -2.42. The molecule has 3 aromatic rings. The first kappa shape index (κ1) is 21.3. The van der Waals surface area contributed by atoms with E-state index in [1.165, 1.54) is 0 Å². The number of carbonyl (C=O) groups excluding carboxylic acids is 1. The summed E-state index contributed by atoms with van der Waals surface area (Å²) in [6.07, 6.45) is 0. The van der Waals surface area contributed by atoms with Crippen molar-refractivity contribution in [1.82, 2.24) is 19.4 Å². The lowest BCUT2D eigenvalue weighted by molar-refractivity contribution is 0.0796. The first-order valence-electron chi connectivity index (χ1n) is 10.4. The smallest absolute Gasteiger partial charge is 0.319 e. The van der Waals surface area contributed by atoms with Gasteiger partial charge in [-0.15, -0.1) is 0 Å². The molecule has 2 aromatic carbocycles. The Hall–Kier alpha value is -2.90. The number of halogens is 1. The van der Waals surface area contributed by atoms with Crippen LogP contribution >= 0.6 is 11.6 Å². The van der Waals surface area contributed by atoms with Crippen molar-refractivity contribution in [3.8, 4) is 0 Å². The molecule has 31 heavy (non-hydrogen) atoms. The molecule has 0 radical (unpaired) electrons. The first-order valence-corrected chi connectivity index (χ1v) is 10.8. The number of fused-ring (bicyclic) bond motifs is 1. The van der Waals surface area contributed by atoms with E-state index in [1.54, 1.807) is 41.9 Å². The Bertz CT molecular complexity index is 1160. The SMILES string of the molecule is CC(c1nc2ccccc2c(=O)n1C)N1CCN(C(=O)Nc2ccc(Cl)cc2)C(C)C1. The molecule has 4 rings (SSSR count).